The smallest absolute Gasteiger partial charge is 0.170 e. The molecule has 3 rings (SSSR count). The van der Waals surface area contributed by atoms with Gasteiger partial charge in [-0.1, -0.05) is 43.0 Å². The second-order valence-corrected chi connectivity index (χ2v) is 7.16. The van der Waals surface area contributed by atoms with Crippen LogP contribution in [0, 0.1) is 0 Å². The maximum absolute atomic E-state index is 4.30. The molecule has 1 aromatic heterocycles. The Bertz CT molecular complexity index is 541. The summed E-state index contributed by atoms with van der Waals surface area (Å²) in [4.78, 5) is 4.30. The van der Waals surface area contributed by atoms with Gasteiger partial charge >= 0.3 is 0 Å². The maximum Gasteiger partial charge on any atom is 0.170 e. The van der Waals surface area contributed by atoms with Crippen molar-refractivity contribution in [1.82, 2.24) is 14.7 Å². The van der Waals surface area contributed by atoms with E-state index < -0.39 is 0 Å². The number of thioether (sulfide) groups is 1. The molecular formula is C14H17N3S2. The number of hydrogen-bond acceptors (Lipinski definition) is 5. The third-order valence-electron chi connectivity index (χ3n) is 3.72. The Kier molecular flexibility index (Phi) is 3.86. The van der Waals surface area contributed by atoms with Crippen molar-refractivity contribution in [3.63, 3.8) is 0 Å². The summed E-state index contributed by atoms with van der Waals surface area (Å²) < 4.78 is 5.16. The molecule has 0 fully saturated rings. The van der Waals surface area contributed by atoms with Gasteiger partial charge in [0.1, 0.15) is 6.33 Å². The molecule has 1 aromatic carbocycles. The number of nitrogens with one attached hydrogen (secondary N) is 1. The predicted octanol–water partition coefficient (Wildman–Crippen LogP) is 3.47. The van der Waals surface area contributed by atoms with Gasteiger partial charge in [-0.05, 0) is 42.0 Å². The Hall–Kier alpha value is -0.910. The summed E-state index contributed by atoms with van der Waals surface area (Å²) in [5, 5.41) is 4.00. The average molecular weight is 291 g/mol. The molecule has 2 aromatic rings. The van der Waals surface area contributed by atoms with E-state index in [2.05, 4.69) is 45.9 Å². The van der Waals surface area contributed by atoms with Gasteiger partial charge < -0.3 is 5.32 Å². The Morgan fingerprint density at radius 2 is 2.11 bits per heavy atom. The highest BCUT2D eigenvalue weighted by Gasteiger charge is 2.33. The first-order valence-electron chi connectivity index (χ1n) is 6.49. The van der Waals surface area contributed by atoms with Gasteiger partial charge in [0.05, 0.1) is 0 Å². The normalized spacial score (nSPS) is 26.1. The minimum absolute atomic E-state index is 0.390. The van der Waals surface area contributed by atoms with Gasteiger partial charge in [-0.25, -0.2) is 4.98 Å². The first kappa shape index (κ1) is 13.1. The molecule has 3 nitrogen and oxygen atoms in total. The van der Waals surface area contributed by atoms with Crippen LogP contribution in [0.3, 0.4) is 0 Å². The van der Waals surface area contributed by atoms with Gasteiger partial charge in [0.25, 0.3) is 0 Å². The van der Waals surface area contributed by atoms with E-state index >= 15 is 0 Å². The van der Waals surface area contributed by atoms with Crippen LogP contribution in [0.15, 0.2) is 34.9 Å². The summed E-state index contributed by atoms with van der Waals surface area (Å²) in [5.41, 5.74) is 2.92. The fraction of sp³-hybridized carbons (Fsp3) is 0.429. The predicted molar refractivity (Wildman–Crippen MR) is 80.8 cm³/mol. The molecule has 0 amide bonds. The molecule has 0 aliphatic heterocycles. The van der Waals surface area contributed by atoms with E-state index in [1.165, 1.54) is 29.1 Å². The largest absolute Gasteiger partial charge is 0.312 e. The van der Waals surface area contributed by atoms with E-state index in [1.54, 1.807) is 6.33 Å². The molecule has 19 heavy (non-hydrogen) atoms. The molecule has 3 atom stereocenters. The van der Waals surface area contributed by atoms with Gasteiger partial charge in [-0.3, -0.25) is 0 Å². The number of aromatic nitrogens is 2. The van der Waals surface area contributed by atoms with Crippen LogP contribution in [0.25, 0.3) is 0 Å². The standard InChI is InChI=1S/C14H17N3S2/c1-9-7-12(18-14-16-8-17-19-14)13(15-2)11-6-4-3-5-10(9)11/h3-6,8-9,12-13,15H,7H2,1-2H3. The molecule has 100 valence electrons. The van der Waals surface area contributed by atoms with Crippen LogP contribution in [-0.2, 0) is 0 Å². The number of benzene rings is 1. The third kappa shape index (κ3) is 2.55. The number of nitrogens with zero attached hydrogens (tertiary/aromatic N) is 2. The van der Waals surface area contributed by atoms with Crippen molar-refractivity contribution >= 4 is 23.3 Å². The molecule has 1 aliphatic carbocycles. The van der Waals surface area contributed by atoms with E-state index in [9.17, 15) is 0 Å². The monoisotopic (exact) mass is 291 g/mol. The van der Waals surface area contributed by atoms with Crippen LogP contribution in [0.4, 0.5) is 0 Å². The minimum Gasteiger partial charge on any atom is -0.312 e. The van der Waals surface area contributed by atoms with Gasteiger partial charge in [0.2, 0.25) is 0 Å². The zero-order valence-electron chi connectivity index (χ0n) is 11.0. The molecule has 0 radical (unpaired) electrons. The highest BCUT2D eigenvalue weighted by molar-refractivity contribution is 8.01. The lowest BCUT2D eigenvalue weighted by molar-refractivity contribution is 0.473. The Labute approximate surface area is 122 Å². The molecule has 0 saturated carbocycles. The fourth-order valence-electron chi connectivity index (χ4n) is 2.86. The van der Waals surface area contributed by atoms with Crippen molar-refractivity contribution in [2.24, 2.45) is 0 Å². The molecule has 0 spiro atoms. The summed E-state index contributed by atoms with van der Waals surface area (Å²) >= 11 is 3.34. The first-order chi connectivity index (χ1) is 9.29. The van der Waals surface area contributed by atoms with E-state index in [1.807, 2.05) is 18.8 Å². The van der Waals surface area contributed by atoms with Gasteiger partial charge in [0.15, 0.2) is 4.34 Å². The van der Waals surface area contributed by atoms with E-state index in [4.69, 9.17) is 0 Å². The summed E-state index contributed by atoms with van der Waals surface area (Å²) in [7, 11) is 2.05. The number of rotatable bonds is 3. The van der Waals surface area contributed by atoms with Crippen molar-refractivity contribution in [3.05, 3.63) is 41.7 Å². The molecule has 1 N–H and O–H groups in total. The van der Waals surface area contributed by atoms with Crippen molar-refractivity contribution in [2.45, 2.75) is 34.9 Å². The zero-order valence-corrected chi connectivity index (χ0v) is 12.7. The number of fused-ring (bicyclic) bond motifs is 1. The summed E-state index contributed by atoms with van der Waals surface area (Å²) in [6.45, 7) is 2.32. The van der Waals surface area contributed by atoms with Crippen molar-refractivity contribution in [2.75, 3.05) is 7.05 Å². The molecule has 1 heterocycles. The maximum atomic E-state index is 4.30. The molecule has 0 bridgehead atoms. The van der Waals surface area contributed by atoms with E-state index in [-0.39, 0.29) is 0 Å². The Balaban J connectivity index is 1.91. The van der Waals surface area contributed by atoms with Crippen LogP contribution < -0.4 is 5.32 Å². The van der Waals surface area contributed by atoms with Gasteiger partial charge in [-0.15, -0.1) is 0 Å². The third-order valence-corrected chi connectivity index (χ3v) is 5.77. The molecule has 3 unspecified atom stereocenters. The second-order valence-electron chi connectivity index (χ2n) is 4.90. The summed E-state index contributed by atoms with van der Waals surface area (Å²) in [6.07, 6.45) is 2.81. The molecule has 0 saturated heterocycles. The van der Waals surface area contributed by atoms with Crippen molar-refractivity contribution in [3.8, 4) is 0 Å². The minimum atomic E-state index is 0.390. The Morgan fingerprint density at radius 3 is 2.79 bits per heavy atom. The lowest BCUT2D eigenvalue weighted by Crippen LogP contribution is -2.33. The SMILES string of the molecule is CNC1c2ccccc2C(C)CC1Sc1ncns1. The van der Waals surface area contributed by atoms with Crippen LogP contribution in [0.1, 0.15) is 36.4 Å². The van der Waals surface area contributed by atoms with Crippen molar-refractivity contribution < 1.29 is 0 Å². The lowest BCUT2D eigenvalue weighted by atomic mass is 9.81. The first-order valence-corrected chi connectivity index (χ1v) is 8.14. The van der Waals surface area contributed by atoms with Crippen molar-refractivity contribution in [1.29, 1.82) is 0 Å². The average Bonchev–Trinajstić information content (AvgIpc) is 2.92. The fourth-order valence-corrected chi connectivity index (χ4v) is 4.98. The highest BCUT2D eigenvalue weighted by Crippen LogP contribution is 2.44. The molecule has 5 heteroatoms. The van der Waals surface area contributed by atoms with Crippen LogP contribution in [0.5, 0.6) is 0 Å². The lowest BCUT2D eigenvalue weighted by Gasteiger charge is -2.36. The molecular weight excluding hydrogens is 274 g/mol. The van der Waals surface area contributed by atoms with E-state index in [0.29, 0.717) is 17.2 Å². The van der Waals surface area contributed by atoms with Gasteiger partial charge in [-0.2, -0.15) is 4.37 Å². The zero-order chi connectivity index (χ0) is 13.2. The second kappa shape index (κ2) is 5.61. The number of hydrogen-bond donors (Lipinski definition) is 1. The quantitative estimate of drug-likeness (QED) is 0.939. The topological polar surface area (TPSA) is 37.8 Å². The molecule has 1 aliphatic rings. The van der Waals surface area contributed by atoms with Crippen LogP contribution in [0.2, 0.25) is 0 Å². The van der Waals surface area contributed by atoms with E-state index in [0.717, 1.165) is 4.34 Å². The van der Waals surface area contributed by atoms with Gasteiger partial charge in [0, 0.05) is 11.3 Å². The van der Waals surface area contributed by atoms with Crippen LogP contribution >= 0.6 is 23.3 Å². The van der Waals surface area contributed by atoms with Crippen LogP contribution in [-0.4, -0.2) is 21.7 Å². The Morgan fingerprint density at radius 1 is 1.32 bits per heavy atom. The summed E-state index contributed by atoms with van der Waals surface area (Å²) in [5.74, 6) is 0.603. The highest BCUT2D eigenvalue weighted by atomic mass is 32.2. The summed E-state index contributed by atoms with van der Waals surface area (Å²) in [6, 6.07) is 9.17.